The van der Waals surface area contributed by atoms with Gasteiger partial charge in [-0.2, -0.15) is 0 Å². The van der Waals surface area contributed by atoms with Crippen LogP contribution in [-0.2, 0) is 6.42 Å². The van der Waals surface area contributed by atoms with Crippen molar-refractivity contribution in [3.63, 3.8) is 0 Å². The van der Waals surface area contributed by atoms with Crippen molar-refractivity contribution < 1.29 is 0 Å². The van der Waals surface area contributed by atoms with Crippen molar-refractivity contribution in [3.05, 3.63) is 16.1 Å². The Morgan fingerprint density at radius 3 is 2.53 bits per heavy atom. The molecule has 0 bridgehead atoms. The quantitative estimate of drug-likeness (QED) is 0.800. The van der Waals surface area contributed by atoms with Gasteiger partial charge in [0, 0.05) is 23.5 Å². The summed E-state index contributed by atoms with van der Waals surface area (Å²) in [6, 6.07) is 0.563. The molecule has 0 aliphatic carbocycles. The van der Waals surface area contributed by atoms with E-state index >= 15 is 0 Å². The molecule has 0 saturated heterocycles. The molecule has 0 fully saturated rings. The predicted molar refractivity (Wildman–Crippen MR) is 85.9 cm³/mol. The summed E-state index contributed by atoms with van der Waals surface area (Å²) in [6.45, 7) is 14.7. The van der Waals surface area contributed by atoms with Gasteiger partial charge in [0.2, 0.25) is 0 Å². The number of nitrogens with one attached hydrogen (secondary N) is 1. The van der Waals surface area contributed by atoms with Gasteiger partial charge in [-0.15, -0.1) is 11.3 Å². The fourth-order valence-corrected chi connectivity index (χ4v) is 3.70. The van der Waals surface area contributed by atoms with Gasteiger partial charge in [-0.1, -0.05) is 34.6 Å². The molecule has 0 aliphatic rings. The Morgan fingerprint density at radius 2 is 2.05 bits per heavy atom. The first-order valence-electron chi connectivity index (χ1n) is 7.44. The van der Waals surface area contributed by atoms with Gasteiger partial charge >= 0.3 is 0 Å². The van der Waals surface area contributed by atoms with Crippen LogP contribution in [-0.4, -0.2) is 17.6 Å². The third-order valence-electron chi connectivity index (χ3n) is 3.23. The molecule has 2 unspecified atom stereocenters. The fraction of sp³-hybridized carbons (Fsp3) is 0.812. The smallest absolute Gasteiger partial charge is 0.0943 e. The van der Waals surface area contributed by atoms with Crippen LogP contribution in [0.1, 0.15) is 58.2 Å². The molecule has 1 aromatic heterocycles. The normalized spacial score (nSPS) is 15.5. The summed E-state index contributed by atoms with van der Waals surface area (Å²) in [5, 5.41) is 7.04. The van der Waals surface area contributed by atoms with Gasteiger partial charge in [0.05, 0.1) is 5.01 Å². The number of aromatic nitrogens is 1. The summed E-state index contributed by atoms with van der Waals surface area (Å²) in [7, 11) is 0. The standard InChI is InChI=1S/C16H30N2S/c1-7-17-14(8-12(2)10-16(4,5)6)9-15-18-13(3)11-19-15/h11-12,14,17H,7-10H2,1-6H3. The number of likely N-dealkylation sites (N-methyl/N-ethyl adjacent to an activating group) is 1. The van der Waals surface area contributed by atoms with Crippen molar-refractivity contribution in [1.82, 2.24) is 10.3 Å². The van der Waals surface area contributed by atoms with Crippen molar-refractivity contribution in [2.24, 2.45) is 11.3 Å². The van der Waals surface area contributed by atoms with Gasteiger partial charge < -0.3 is 5.32 Å². The lowest BCUT2D eigenvalue weighted by atomic mass is 9.82. The highest BCUT2D eigenvalue weighted by Crippen LogP contribution is 2.27. The number of nitrogens with zero attached hydrogens (tertiary/aromatic N) is 1. The number of thiazole rings is 1. The zero-order valence-electron chi connectivity index (χ0n) is 13.4. The van der Waals surface area contributed by atoms with E-state index in [1.807, 2.05) is 0 Å². The molecule has 0 amide bonds. The highest BCUT2D eigenvalue weighted by atomic mass is 32.1. The van der Waals surface area contributed by atoms with Crippen LogP contribution in [0.2, 0.25) is 0 Å². The molecule has 1 heterocycles. The Hall–Kier alpha value is -0.410. The van der Waals surface area contributed by atoms with Crippen molar-refractivity contribution in [2.45, 2.75) is 66.8 Å². The monoisotopic (exact) mass is 282 g/mol. The molecule has 1 aromatic rings. The summed E-state index contributed by atoms with van der Waals surface area (Å²) in [5.41, 5.74) is 1.58. The maximum Gasteiger partial charge on any atom is 0.0943 e. The summed E-state index contributed by atoms with van der Waals surface area (Å²) in [5.74, 6) is 0.755. The van der Waals surface area contributed by atoms with Crippen molar-refractivity contribution in [3.8, 4) is 0 Å². The largest absolute Gasteiger partial charge is 0.314 e. The van der Waals surface area contributed by atoms with Crippen molar-refractivity contribution in [2.75, 3.05) is 6.54 Å². The Bertz CT molecular complexity index is 365. The van der Waals surface area contributed by atoms with Gasteiger partial charge in [0.1, 0.15) is 0 Å². The van der Waals surface area contributed by atoms with Crippen molar-refractivity contribution in [1.29, 1.82) is 0 Å². The first-order valence-corrected chi connectivity index (χ1v) is 8.32. The van der Waals surface area contributed by atoms with Crippen LogP contribution in [0.25, 0.3) is 0 Å². The molecule has 0 radical (unpaired) electrons. The highest BCUT2D eigenvalue weighted by Gasteiger charge is 2.19. The molecule has 1 rings (SSSR count). The van der Waals surface area contributed by atoms with Crippen LogP contribution in [0, 0.1) is 18.3 Å². The maximum absolute atomic E-state index is 4.59. The van der Waals surface area contributed by atoms with Gasteiger partial charge in [-0.25, -0.2) is 4.98 Å². The predicted octanol–water partition coefficient (Wildman–Crippen LogP) is 4.43. The Kier molecular flexibility index (Phi) is 6.48. The number of rotatable bonds is 7. The van der Waals surface area contributed by atoms with Crippen LogP contribution in [0.5, 0.6) is 0 Å². The van der Waals surface area contributed by atoms with Crippen LogP contribution in [0.4, 0.5) is 0 Å². The second kappa shape index (κ2) is 7.39. The molecule has 2 atom stereocenters. The highest BCUT2D eigenvalue weighted by molar-refractivity contribution is 7.09. The zero-order valence-corrected chi connectivity index (χ0v) is 14.2. The third-order valence-corrected chi connectivity index (χ3v) is 4.22. The fourth-order valence-electron chi connectivity index (χ4n) is 2.85. The van der Waals surface area contributed by atoms with Gasteiger partial charge in [0.25, 0.3) is 0 Å². The molecular formula is C16H30N2S. The molecule has 3 heteroatoms. The van der Waals surface area contributed by atoms with Gasteiger partial charge in [-0.05, 0) is 37.6 Å². The first-order chi connectivity index (χ1) is 8.80. The average Bonchev–Trinajstić information content (AvgIpc) is 2.61. The Balaban J connectivity index is 2.52. The first kappa shape index (κ1) is 16.6. The summed E-state index contributed by atoms with van der Waals surface area (Å²) in [4.78, 5) is 4.59. The lowest BCUT2D eigenvalue weighted by Crippen LogP contribution is -2.33. The van der Waals surface area contributed by atoms with E-state index < -0.39 is 0 Å². The summed E-state index contributed by atoms with van der Waals surface area (Å²) in [6.07, 6.45) is 3.59. The second-order valence-corrected chi connectivity index (χ2v) is 7.89. The van der Waals surface area contributed by atoms with Crippen LogP contribution < -0.4 is 5.32 Å². The van der Waals surface area contributed by atoms with E-state index in [2.05, 4.69) is 57.2 Å². The van der Waals surface area contributed by atoms with Gasteiger partial charge in [-0.3, -0.25) is 0 Å². The Labute approximate surface area is 123 Å². The van der Waals surface area contributed by atoms with Crippen LogP contribution in [0.3, 0.4) is 0 Å². The average molecular weight is 282 g/mol. The second-order valence-electron chi connectivity index (χ2n) is 6.95. The van der Waals surface area contributed by atoms with E-state index in [1.165, 1.54) is 17.8 Å². The minimum Gasteiger partial charge on any atom is -0.314 e. The molecule has 0 aromatic carbocycles. The SMILES string of the molecule is CCNC(Cc1nc(C)cs1)CC(C)CC(C)(C)C. The Morgan fingerprint density at radius 1 is 1.37 bits per heavy atom. The molecule has 0 saturated carbocycles. The van der Waals surface area contributed by atoms with Crippen LogP contribution >= 0.6 is 11.3 Å². The maximum atomic E-state index is 4.59. The molecule has 0 spiro atoms. The summed E-state index contributed by atoms with van der Waals surface area (Å²) < 4.78 is 0. The minimum absolute atomic E-state index is 0.425. The van der Waals surface area contributed by atoms with Gasteiger partial charge in [0.15, 0.2) is 0 Å². The molecule has 19 heavy (non-hydrogen) atoms. The third kappa shape index (κ3) is 7.07. The zero-order chi connectivity index (χ0) is 14.5. The van der Waals surface area contributed by atoms with Crippen LogP contribution in [0.15, 0.2) is 5.38 Å². The molecule has 1 N–H and O–H groups in total. The van der Waals surface area contributed by atoms with E-state index in [4.69, 9.17) is 0 Å². The number of hydrogen-bond donors (Lipinski definition) is 1. The van der Waals surface area contributed by atoms with E-state index in [0.717, 1.165) is 24.6 Å². The number of hydrogen-bond acceptors (Lipinski definition) is 3. The van der Waals surface area contributed by atoms with E-state index in [-0.39, 0.29) is 0 Å². The molecule has 0 aliphatic heterocycles. The molecule has 110 valence electrons. The van der Waals surface area contributed by atoms with Crippen molar-refractivity contribution >= 4 is 11.3 Å². The lowest BCUT2D eigenvalue weighted by Gasteiger charge is -2.26. The lowest BCUT2D eigenvalue weighted by molar-refractivity contribution is 0.275. The summed E-state index contributed by atoms with van der Waals surface area (Å²) >= 11 is 1.79. The molecular weight excluding hydrogens is 252 g/mol. The van der Waals surface area contributed by atoms with E-state index in [0.29, 0.717) is 11.5 Å². The topological polar surface area (TPSA) is 24.9 Å². The van der Waals surface area contributed by atoms with E-state index in [9.17, 15) is 0 Å². The van der Waals surface area contributed by atoms with E-state index in [1.54, 1.807) is 11.3 Å². The molecule has 2 nitrogen and oxygen atoms in total. The minimum atomic E-state index is 0.425. The number of aryl methyl sites for hydroxylation is 1.